The number of para-hydroxylation sites is 1. The van der Waals surface area contributed by atoms with Gasteiger partial charge in [-0.2, -0.15) is 0 Å². The van der Waals surface area contributed by atoms with Gasteiger partial charge in [0.15, 0.2) is 0 Å². The number of hydrogen-bond donors (Lipinski definition) is 2. The number of aromatic hydroxyl groups is 2. The van der Waals surface area contributed by atoms with Crippen LogP contribution in [0.5, 0.6) is 11.5 Å². The molecule has 0 aliphatic carbocycles. The van der Waals surface area contributed by atoms with E-state index in [0.717, 1.165) is 28.9 Å². The third kappa shape index (κ3) is 3.77. The van der Waals surface area contributed by atoms with Crippen molar-refractivity contribution in [2.24, 2.45) is 0 Å². The van der Waals surface area contributed by atoms with Gasteiger partial charge in [0.1, 0.15) is 11.5 Å². The van der Waals surface area contributed by atoms with E-state index >= 15 is 0 Å². The zero-order chi connectivity index (χ0) is 17.0. The molecule has 124 valence electrons. The summed E-state index contributed by atoms with van der Waals surface area (Å²) in [6.45, 7) is 5.42. The molecular weight excluding hydrogens is 290 g/mol. The average molecular weight is 315 g/mol. The molecule has 0 heterocycles. The summed E-state index contributed by atoms with van der Waals surface area (Å²) >= 11 is 0. The first-order valence-electron chi connectivity index (χ1n) is 7.81. The second-order valence-corrected chi connectivity index (χ2v) is 6.01. The molecule has 0 aromatic heterocycles. The van der Waals surface area contributed by atoms with E-state index in [2.05, 4.69) is 4.90 Å². The molecule has 0 amide bonds. The molecule has 2 rings (SSSR count). The van der Waals surface area contributed by atoms with Gasteiger partial charge < -0.3 is 19.8 Å². The van der Waals surface area contributed by atoms with E-state index in [1.165, 1.54) is 6.07 Å². The number of likely N-dealkylation sites (N-methyl/N-ethyl adjacent to an activating group) is 1. The highest BCUT2D eigenvalue weighted by Gasteiger charge is 2.16. The lowest BCUT2D eigenvalue weighted by molar-refractivity contribution is 0.206. The smallest absolute Gasteiger partial charge is 0.127 e. The number of phenols is 2. The molecule has 0 aliphatic rings. The molecular formula is C19H25NO3. The zero-order valence-corrected chi connectivity index (χ0v) is 14.2. The molecule has 0 radical (unpaired) electrons. The van der Waals surface area contributed by atoms with Gasteiger partial charge in [-0.15, -0.1) is 0 Å². The molecule has 0 atom stereocenters. The van der Waals surface area contributed by atoms with Crippen LogP contribution in [0, 0.1) is 0 Å². The van der Waals surface area contributed by atoms with E-state index in [4.69, 9.17) is 4.74 Å². The molecule has 0 saturated heterocycles. The van der Waals surface area contributed by atoms with Crippen molar-refractivity contribution in [2.45, 2.75) is 19.8 Å². The highest BCUT2D eigenvalue weighted by molar-refractivity contribution is 5.83. The summed E-state index contributed by atoms with van der Waals surface area (Å²) in [6, 6.07) is 11.2. The molecule has 0 bridgehead atoms. The van der Waals surface area contributed by atoms with Crippen LogP contribution in [0.2, 0.25) is 0 Å². The summed E-state index contributed by atoms with van der Waals surface area (Å²) in [6.07, 6.45) is 0. The van der Waals surface area contributed by atoms with E-state index in [1.807, 2.05) is 51.2 Å². The second-order valence-electron chi connectivity index (χ2n) is 6.01. The van der Waals surface area contributed by atoms with Crippen LogP contribution >= 0.6 is 0 Å². The van der Waals surface area contributed by atoms with Crippen LogP contribution in [0.15, 0.2) is 36.4 Å². The summed E-state index contributed by atoms with van der Waals surface area (Å²) in [4.78, 5) is 2.10. The highest BCUT2D eigenvalue weighted by Crippen LogP contribution is 2.41. The lowest BCUT2D eigenvalue weighted by Crippen LogP contribution is -2.22. The molecule has 0 fully saturated rings. The van der Waals surface area contributed by atoms with Crippen molar-refractivity contribution in [1.29, 1.82) is 0 Å². The Hall–Kier alpha value is -2.20. The SMILES string of the molecule is COCCN(C)c1ccccc1-c1cc(C(C)C)c(O)cc1O. The number of rotatable bonds is 6. The maximum Gasteiger partial charge on any atom is 0.127 e. The van der Waals surface area contributed by atoms with Crippen molar-refractivity contribution in [3.63, 3.8) is 0 Å². The summed E-state index contributed by atoms with van der Waals surface area (Å²) in [5, 5.41) is 20.4. The third-order valence-corrected chi connectivity index (χ3v) is 4.00. The fourth-order valence-electron chi connectivity index (χ4n) is 2.66. The lowest BCUT2D eigenvalue weighted by atomic mass is 9.94. The zero-order valence-electron chi connectivity index (χ0n) is 14.2. The Morgan fingerprint density at radius 1 is 1.04 bits per heavy atom. The maximum absolute atomic E-state index is 10.3. The minimum absolute atomic E-state index is 0.0829. The van der Waals surface area contributed by atoms with Crippen LogP contribution in [0.1, 0.15) is 25.3 Å². The van der Waals surface area contributed by atoms with Crippen molar-refractivity contribution < 1.29 is 14.9 Å². The Bertz CT molecular complexity index is 668. The van der Waals surface area contributed by atoms with Gasteiger partial charge in [0.05, 0.1) is 6.61 Å². The van der Waals surface area contributed by atoms with E-state index in [-0.39, 0.29) is 17.4 Å². The van der Waals surface area contributed by atoms with Crippen LogP contribution in [-0.4, -0.2) is 37.5 Å². The third-order valence-electron chi connectivity index (χ3n) is 4.00. The predicted molar refractivity (Wildman–Crippen MR) is 94.4 cm³/mol. The Morgan fingerprint density at radius 3 is 2.39 bits per heavy atom. The van der Waals surface area contributed by atoms with Gasteiger partial charge >= 0.3 is 0 Å². The summed E-state index contributed by atoms with van der Waals surface area (Å²) in [5.74, 6) is 0.388. The number of benzene rings is 2. The number of nitrogens with zero attached hydrogens (tertiary/aromatic N) is 1. The maximum atomic E-state index is 10.3. The number of phenolic OH excluding ortho intramolecular Hbond substituents is 2. The molecule has 2 N–H and O–H groups in total. The van der Waals surface area contributed by atoms with Gasteiger partial charge in [0.2, 0.25) is 0 Å². The normalized spacial score (nSPS) is 11.0. The molecule has 23 heavy (non-hydrogen) atoms. The summed E-state index contributed by atoms with van der Waals surface area (Å²) < 4.78 is 5.15. The molecule has 4 nitrogen and oxygen atoms in total. The predicted octanol–water partition coefficient (Wildman–Crippen LogP) is 3.97. The Labute approximate surface area is 138 Å². The van der Waals surface area contributed by atoms with Crippen LogP contribution in [-0.2, 0) is 4.74 Å². The molecule has 4 heteroatoms. The topological polar surface area (TPSA) is 52.9 Å². The Balaban J connectivity index is 2.52. The fourth-order valence-corrected chi connectivity index (χ4v) is 2.66. The quantitative estimate of drug-likeness (QED) is 0.847. The largest absolute Gasteiger partial charge is 0.508 e. The fraction of sp³-hybridized carbons (Fsp3) is 0.368. The van der Waals surface area contributed by atoms with E-state index in [0.29, 0.717) is 6.61 Å². The summed E-state index contributed by atoms with van der Waals surface area (Å²) in [7, 11) is 3.68. The van der Waals surface area contributed by atoms with Gasteiger partial charge in [-0.25, -0.2) is 0 Å². The van der Waals surface area contributed by atoms with Gasteiger partial charge in [0.25, 0.3) is 0 Å². The van der Waals surface area contributed by atoms with Crippen molar-refractivity contribution in [3.8, 4) is 22.6 Å². The van der Waals surface area contributed by atoms with Crippen molar-refractivity contribution in [1.82, 2.24) is 0 Å². The minimum Gasteiger partial charge on any atom is -0.508 e. The van der Waals surface area contributed by atoms with Gasteiger partial charge in [-0.1, -0.05) is 32.0 Å². The molecule has 0 unspecified atom stereocenters. The molecule has 0 saturated carbocycles. The van der Waals surface area contributed by atoms with Gasteiger partial charge in [0, 0.05) is 43.6 Å². The van der Waals surface area contributed by atoms with E-state index < -0.39 is 0 Å². The first-order chi connectivity index (χ1) is 11.0. The second kappa shape index (κ2) is 7.38. The molecule has 0 spiro atoms. The van der Waals surface area contributed by atoms with Gasteiger partial charge in [-0.3, -0.25) is 0 Å². The monoisotopic (exact) mass is 315 g/mol. The van der Waals surface area contributed by atoms with E-state index in [9.17, 15) is 10.2 Å². The van der Waals surface area contributed by atoms with Crippen molar-refractivity contribution >= 4 is 5.69 Å². The lowest BCUT2D eigenvalue weighted by Gasteiger charge is -2.23. The van der Waals surface area contributed by atoms with E-state index in [1.54, 1.807) is 7.11 Å². The average Bonchev–Trinajstić information content (AvgIpc) is 2.52. The summed E-state index contributed by atoms with van der Waals surface area (Å²) in [5.41, 5.74) is 3.50. The van der Waals surface area contributed by atoms with Crippen molar-refractivity contribution in [3.05, 3.63) is 42.0 Å². The van der Waals surface area contributed by atoms with Crippen LogP contribution < -0.4 is 4.90 Å². The molecule has 0 aliphatic heterocycles. The Morgan fingerprint density at radius 2 is 1.74 bits per heavy atom. The number of methoxy groups -OCH3 is 1. The van der Waals surface area contributed by atoms with Crippen LogP contribution in [0.3, 0.4) is 0 Å². The number of hydrogen-bond acceptors (Lipinski definition) is 4. The number of anilines is 1. The Kier molecular flexibility index (Phi) is 5.50. The van der Waals surface area contributed by atoms with Gasteiger partial charge in [-0.05, 0) is 23.6 Å². The minimum atomic E-state index is 0.0829. The van der Waals surface area contributed by atoms with Crippen LogP contribution in [0.4, 0.5) is 5.69 Å². The van der Waals surface area contributed by atoms with Crippen molar-refractivity contribution in [2.75, 3.05) is 32.2 Å². The van der Waals surface area contributed by atoms with Crippen LogP contribution in [0.25, 0.3) is 11.1 Å². The number of ether oxygens (including phenoxy) is 1. The standard InChI is InChI=1S/C19H25NO3/c1-13(2)15-11-16(19(22)12-18(15)21)14-7-5-6-8-17(14)20(3)9-10-23-4/h5-8,11-13,21-22H,9-10H2,1-4H3. The first kappa shape index (κ1) is 17.2. The molecule has 2 aromatic rings. The highest BCUT2D eigenvalue weighted by atomic mass is 16.5. The first-order valence-corrected chi connectivity index (χ1v) is 7.81. The molecule has 2 aromatic carbocycles.